The van der Waals surface area contributed by atoms with E-state index in [2.05, 4.69) is 5.32 Å². The van der Waals surface area contributed by atoms with Crippen LogP contribution in [-0.2, 0) is 10.0 Å². The van der Waals surface area contributed by atoms with Crippen molar-refractivity contribution in [2.24, 2.45) is 0 Å². The summed E-state index contributed by atoms with van der Waals surface area (Å²) in [5.41, 5.74) is 0.411. The number of hydrogen-bond acceptors (Lipinski definition) is 4. The Kier molecular flexibility index (Phi) is 6.01. The van der Waals surface area contributed by atoms with E-state index < -0.39 is 10.0 Å². The monoisotopic (exact) mass is 353 g/mol. The van der Waals surface area contributed by atoms with Gasteiger partial charge in [0.05, 0.1) is 4.90 Å². The van der Waals surface area contributed by atoms with E-state index >= 15 is 0 Å². The normalized spacial score (nSPS) is 16.6. The van der Waals surface area contributed by atoms with Crippen molar-refractivity contribution in [2.45, 2.75) is 43.7 Å². The molecule has 1 aromatic carbocycles. The SMILES string of the molecule is CC(C)N(C)S(=O)(=O)c1cccc(C(=O)N(C)C2CCNCC2)c1. The quantitative estimate of drug-likeness (QED) is 0.872. The Hall–Kier alpha value is -1.44. The van der Waals surface area contributed by atoms with E-state index in [-0.39, 0.29) is 22.9 Å². The maximum atomic E-state index is 12.7. The molecule has 24 heavy (non-hydrogen) atoms. The van der Waals surface area contributed by atoms with Gasteiger partial charge in [0.2, 0.25) is 10.0 Å². The van der Waals surface area contributed by atoms with Crippen molar-refractivity contribution in [1.82, 2.24) is 14.5 Å². The number of amides is 1. The van der Waals surface area contributed by atoms with Crippen LogP contribution in [-0.4, -0.2) is 62.8 Å². The molecule has 7 heteroatoms. The molecule has 0 aromatic heterocycles. The molecular weight excluding hydrogens is 326 g/mol. The Morgan fingerprint density at radius 2 is 1.83 bits per heavy atom. The zero-order valence-corrected chi connectivity index (χ0v) is 15.6. The highest BCUT2D eigenvalue weighted by molar-refractivity contribution is 7.89. The van der Waals surface area contributed by atoms with Crippen molar-refractivity contribution >= 4 is 15.9 Å². The molecular formula is C17H27N3O3S. The number of nitrogens with one attached hydrogen (secondary N) is 1. The van der Waals surface area contributed by atoms with Crippen molar-refractivity contribution in [3.63, 3.8) is 0 Å². The summed E-state index contributed by atoms with van der Waals surface area (Å²) in [5.74, 6) is -0.133. The van der Waals surface area contributed by atoms with Crippen LogP contribution in [0.2, 0.25) is 0 Å². The second kappa shape index (κ2) is 7.63. The average Bonchev–Trinajstić information content (AvgIpc) is 2.60. The van der Waals surface area contributed by atoms with Crippen molar-refractivity contribution < 1.29 is 13.2 Å². The summed E-state index contributed by atoms with van der Waals surface area (Å²) < 4.78 is 26.5. The summed E-state index contributed by atoms with van der Waals surface area (Å²) in [6, 6.07) is 6.37. The van der Waals surface area contributed by atoms with Gasteiger partial charge >= 0.3 is 0 Å². The molecule has 1 fully saturated rings. The molecule has 0 spiro atoms. The summed E-state index contributed by atoms with van der Waals surface area (Å²) in [6.07, 6.45) is 1.83. The lowest BCUT2D eigenvalue weighted by Crippen LogP contribution is -2.44. The number of carbonyl (C=O) groups excluding carboxylic acids is 1. The smallest absolute Gasteiger partial charge is 0.253 e. The summed E-state index contributed by atoms with van der Waals surface area (Å²) in [5, 5.41) is 3.28. The maximum absolute atomic E-state index is 12.7. The fraction of sp³-hybridized carbons (Fsp3) is 0.588. The third-order valence-electron chi connectivity index (χ3n) is 4.66. The molecule has 1 N–H and O–H groups in total. The summed E-state index contributed by atoms with van der Waals surface area (Å²) in [6.45, 7) is 5.43. The van der Waals surface area contributed by atoms with E-state index in [0.29, 0.717) is 5.56 Å². The number of nitrogens with zero attached hydrogens (tertiary/aromatic N) is 2. The topological polar surface area (TPSA) is 69.7 Å². The van der Waals surface area contributed by atoms with Crippen LogP contribution in [0.15, 0.2) is 29.2 Å². The van der Waals surface area contributed by atoms with Crippen molar-refractivity contribution in [1.29, 1.82) is 0 Å². The van der Waals surface area contributed by atoms with Crippen molar-refractivity contribution in [3.05, 3.63) is 29.8 Å². The Morgan fingerprint density at radius 3 is 2.42 bits per heavy atom. The molecule has 1 amide bonds. The Balaban J connectivity index is 2.25. The Labute approximate surface area is 144 Å². The van der Waals surface area contributed by atoms with Crippen LogP contribution in [0.4, 0.5) is 0 Å². The van der Waals surface area contributed by atoms with Gasteiger partial charge in [-0.1, -0.05) is 6.07 Å². The van der Waals surface area contributed by atoms with Crippen LogP contribution in [0.5, 0.6) is 0 Å². The van der Waals surface area contributed by atoms with Gasteiger partial charge < -0.3 is 10.2 Å². The van der Waals surface area contributed by atoms with Gasteiger partial charge in [-0.3, -0.25) is 4.79 Å². The predicted molar refractivity (Wildman–Crippen MR) is 94.5 cm³/mol. The van der Waals surface area contributed by atoms with Crippen LogP contribution in [0.1, 0.15) is 37.0 Å². The number of benzene rings is 1. The minimum absolute atomic E-state index is 0.133. The number of piperidine rings is 1. The second-order valence-corrected chi connectivity index (χ2v) is 8.54. The zero-order valence-electron chi connectivity index (χ0n) is 14.8. The molecule has 0 radical (unpaired) electrons. The third kappa shape index (κ3) is 3.96. The minimum atomic E-state index is -3.59. The first-order chi connectivity index (χ1) is 11.2. The molecule has 1 aliphatic rings. The molecule has 1 aromatic rings. The molecule has 1 saturated heterocycles. The molecule has 134 valence electrons. The van der Waals surface area contributed by atoms with Crippen LogP contribution in [0, 0.1) is 0 Å². The third-order valence-corrected chi connectivity index (χ3v) is 6.69. The van der Waals surface area contributed by atoms with Crippen LogP contribution in [0.25, 0.3) is 0 Å². The minimum Gasteiger partial charge on any atom is -0.339 e. The molecule has 1 aliphatic heterocycles. The maximum Gasteiger partial charge on any atom is 0.253 e. The highest BCUT2D eigenvalue weighted by atomic mass is 32.2. The molecule has 0 bridgehead atoms. The largest absolute Gasteiger partial charge is 0.339 e. The van der Waals surface area contributed by atoms with Gasteiger partial charge in [0.15, 0.2) is 0 Å². The number of hydrogen-bond donors (Lipinski definition) is 1. The molecule has 0 saturated carbocycles. The van der Waals surface area contributed by atoms with Gasteiger partial charge in [0.1, 0.15) is 0 Å². The molecule has 0 unspecified atom stereocenters. The first kappa shape index (κ1) is 18.9. The first-order valence-corrected chi connectivity index (χ1v) is 9.75. The van der Waals surface area contributed by atoms with Gasteiger partial charge in [-0.05, 0) is 58.0 Å². The zero-order chi connectivity index (χ0) is 17.9. The van der Waals surface area contributed by atoms with E-state index in [9.17, 15) is 13.2 Å². The van der Waals surface area contributed by atoms with Gasteiger partial charge in [-0.15, -0.1) is 0 Å². The standard InChI is InChI=1S/C17H27N3O3S/c1-13(2)20(4)24(22,23)16-7-5-6-14(12-16)17(21)19(3)15-8-10-18-11-9-15/h5-7,12-13,15,18H,8-11H2,1-4H3. The molecule has 1 heterocycles. The van der Waals surface area contributed by atoms with Gasteiger partial charge in [0.25, 0.3) is 5.91 Å². The molecule has 2 rings (SSSR count). The number of sulfonamides is 1. The fourth-order valence-electron chi connectivity index (χ4n) is 2.80. The predicted octanol–water partition coefficient (Wildman–Crippen LogP) is 1.54. The van der Waals surface area contributed by atoms with Gasteiger partial charge in [-0.2, -0.15) is 4.31 Å². The summed E-state index contributed by atoms with van der Waals surface area (Å²) in [7, 11) is -0.250. The summed E-state index contributed by atoms with van der Waals surface area (Å²) in [4.78, 5) is 14.6. The van der Waals surface area contributed by atoms with E-state index in [1.165, 1.54) is 16.4 Å². The number of rotatable bonds is 5. The fourth-order valence-corrected chi connectivity index (χ4v) is 4.21. The highest BCUT2D eigenvalue weighted by Crippen LogP contribution is 2.20. The number of carbonyl (C=O) groups is 1. The lowest BCUT2D eigenvalue weighted by atomic mass is 10.0. The van der Waals surface area contributed by atoms with Crippen LogP contribution in [0.3, 0.4) is 0 Å². The first-order valence-electron chi connectivity index (χ1n) is 8.31. The average molecular weight is 353 g/mol. The molecule has 0 aliphatic carbocycles. The van der Waals surface area contributed by atoms with E-state index in [1.807, 2.05) is 13.8 Å². The van der Waals surface area contributed by atoms with Crippen molar-refractivity contribution in [2.75, 3.05) is 27.2 Å². The second-order valence-electron chi connectivity index (χ2n) is 6.54. The molecule has 0 atom stereocenters. The van der Waals surface area contributed by atoms with E-state index in [4.69, 9.17) is 0 Å². The van der Waals surface area contributed by atoms with Gasteiger partial charge in [0, 0.05) is 31.7 Å². The lowest BCUT2D eigenvalue weighted by Gasteiger charge is -2.31. The van der Waals surface area contributed by atoms with Crippen molar-refractivity contribution in [3.8, 4) is 0 Å². The highest BCUT2D eigenvalue weighted by Gasteiger charge is 2.26. The Bertz CT molecular complexity index is 682. The molecule has 6 nitrogen and oxygen atoms in total. The van der Waals surface area contributed by atoms with Crippen LogP contribution >= 0.6 is 0 Å². The Morgan fingerprint density at radius 1 is 1.21 bits per heavy atom. The van der Waals surface area contributed by atoms with E-state index in [0.717, 1.165) is 25.9 Å². The van der Waals surface area contributed by atoms with E-state index in [1.54, 1.807) is 31.1 Å². The summed E-state index contributed by atoms with van der Waals surface area (Å²) >= 11 is 0. The van der Waals surface area contributed by atoms with Gasteiger partial charge in [-0.25, -0.2) is 8.42 Å². The lowest BCUT2D eigenvalue weighted by molar-refractivity contribution is 0.0703. The van der Waals surface area contributed by atoms with Crippen LogP contribution < -0.4 is 5.32 Å².